The second kappa shape index (κ2) is 5.84. The second-order valence-corrected chi connectivity index (χ2v) is 3.63. The monoisotopic (exact) mass is 241 g/mol. The van der Waals surface area contributed by atoms with Crippen LogP contribution in [0, 0.1) is 0 Å². The number of hydrogen-bond acceptors (Lipinski definition) is 0. The molecule has 7 heteroatoms. The first kappa shape index (κ1) is 14.9. The molecule has 16 heavy (non-hydrogen) atoms. The molecule has 1 nitrogen and oxygen atoms in total. The summed E-state index contributed by atoms with van der Waals surface area (Å²) in [5, 5.41) is 0. The van der Waals surface area contributed by atoms with E-state index in [9.17, 15) is 21.7 Å². The highest BCUT2D eigenvalue weighted by Gasteiger charge is 2.20. The topological polar surface area (TPSA) is 0 Å². The molecule has 0 unspecified atom stereocenters. The van der Waals surface area contributed by atoms with E-state index < -0.39 is 7.25 Å². The Bertz CT molecular complexity index is 293. The highest BCUT2D eigenvalue weighted by molar-refractivity contribution is 6.50. The van der Waals surface area contributed by atoms with E-state index in [-0.39, 0.29) is 6.80 Å². The molecule has 0 atom stereocenters. The molecule has 0 heterocycles. The number of rotatable bonds is 2. The number of para-hydroxylation sites is 1. The van der Waals surface area contributed by atoms with Gasteiger partial charge in [-0.3, -0.25) is 4.48 Å². The van der Waals surface area contributed by atoms with Crippen molar-refractivity contribution >= 4 is 12.9 Å². The van der Waals surface area contributed by atoms with Crippen molar-refractivity contribution < 1.29 is 21.7 Å². The van der Waals surface area contributed by atoms with E-state index in [4.69, 9.17) is 0 Å². The van der Waals surface area contributed by atoms with E-state index in [0.717, 1.165) is 5.69 Å². The van der Waals surface area contributed by atoms with E-state index in [1.807, 2.05) is 44.4 Å². The van der Waals surface area contributed by atoms with Gasteiger partial charge in [0.05, 0.1) is 14.1 Å². The predicted molar refractivity (Wildman–Crippen MR) is 56.2 cm³/mol. The first-order chi connectivity index (χ1) is 7.17. The van der Waals surface area contributed by atoms with Crippen LogP contribution in [0.3, 0.4) is 0 Å². The van der Waals surface area contributed by atoms with Crippen LogP contribution in [-0.2, 0) is 0 Å². The zero-order valence-corrected chi connectivity index (χ0v) is 9.01. The fraction of sp³-hybridized carbons (Fsp3) is 0.333. The van der Waals surface area contributed by atoms with E-state index in [1.165, 1.54) is 0 Å². The van der Waals surface area contributed by atoms with Crippen molar-refractivity contribution in [1.82, 2.24) is 4.48 Å². The molecule has 0 fully saturated rings. The van der Waals surface area contributed by atoms with Crippen molar-refractivity contribution in [3.63, 3.8) is 0 Å². The van der Waals surface area contributed by atoms with Gasteiger partial charge in [-0.25, -0.2) is 0 Å². The van der Waals surface area contributed by atoms with Gasteiger partial charge in [-0.1, -0.05) is 18.2 Å². The molecule has 0 aliphatic heterocycles. The number of quaternary nitrogens is 1. The Balaban J connectivity index is 0.000000385. The van der Waals surface area contributed by atoms with Crippen molar-refractivity contribution in [3.05, 3.63) is 30.3 Å². The van der Waals surface area contributed by atoms with Crippen LogP contribution in [0.5, 0.6) is 0 Å². The smallest absolute Gasteiger partial charge is 0.418 e. The molecule has 1 aromatic carbocycles. The zero-order chi connectivity index (χ0) is 12.8. The van der Waals surface area contributed by atoms with Gasteiger partial charge in [0.15, 0.2) is 0 Å². The van der Waals surface area contributed by atoms with Gasteiger partial charge >= 0.3 is 7.25 Å². The summed E-state index contributed by atoms with van der Waals surface area (Å²) in [6.07, 6.45) is 0. The summed E-state index contributed by atoms with van der Waals surface area (Å²) in [5.74, 6) is 0. The third-order valence-corrected chi connectivity index (χ3v) is 1.75. The minimum absolute atomic E-state index is 0.292. The first-order valence-electron chi connectivity index (χ1n) is 4.49. The number of benzene rings is 1. The van der Waals surface area contributed by atoms with Crippen LogP contribution in [0.15, 0.2) is 30.3 Å². The summed E-state index contributed by atoms with van der Waals surface area (Å²) in [4.78, 5) is 0. The molecule has 0 amide bonds. The minimum atomic E-state index is -6.00. The lowest BCUT2D eigenvalue weighted by Crippen LogP contribution is -2.39. The number of nitrogens with zero attached hydrogens (tertiary/aromatic N) is 1. The molecular formula is C9H13BF5N. The van der Waals surface area contributed by atoms with E-state index in [0.29, 0.717) is 4.48 Å². The lowest BCUT2D eigenvalue weighted by molar-refractivity contribution is 0.265. The molecular weight excluding hydrogens is 228 g/mol. The molecule has 0 N–H and O–H groups in total. The molecule has 0 saturated heterocycles. The summed E-state index contributed by atoms with van der Waals surface area (Å²) in [5.41, 5.74) is 0.995. The number of hydrogen-bond donors (Lipinski definition) is 0. The normalized spacial score (nSPS) is 11.7. The van der Waals surface area contributed by atoms with E-state index in [1.54, 1.807) is 0 Å². The standard InChI is InChI=1S/C9H13FN.BF4/c1-11(2,8-10)9-6-4-3-5-7-9;2-1(3,4)5/h3-7H,8H2,1-2H3;/q+1;-1. The van der Waals surface area contributed by atoms with Crippen LogP contribution in [0.2, 0.25) is 0 Å². The van der Waals surface area contributed by atoms with Crippen molar-refractivity contribution in [2.75, 3.05) is 20.9 Å². The zero-order valence-electron chi connectivity index (χ0n) is 9.01. The highest BCUT2D eigenvalue weighted by Crippen LogP contribution is 2.17. The fourth-order valence-electron chi connectivity index (χ4n) is 0.901. The van der Waals surface area contributed by atoms with Gasteiger partial charge in [0, 0.05) is 0 Å². The van der Waals surface area contributed by atoms with Gasteiger partial charge in [-0.05, 0) is 12.1 Å². The van der Waals surface area contributed by atoms with E-state index in [2.05, 4.69) is 0 Å². The minimum Gasteiger partial charge on any atom is -0.418 e. The van der Waals surface area contributed by atoms with Crippen LogP contribution >= 0.6 is 0 Å². The Morgan fingerprint density at radius 3 is 1.69 bits per heavy atom. The van der Waals surface area contributed by atoms with Crippen molar-refractivity contribution in [2.24, 2.45) is 0 Å². The average Bonchev–Trinajstić information content (AvgIpc) is 2.17. The molecule has 1 rings (SSSR count). The quantitative estimate of drug-likeness (QED) is 0.322. The van der Waals surface area contributed by atoms with Crippen molar-refractivity contribution in [2.45, 2.75) is 0 Å². The molecule has 0 spiro atoms. The van der Waals surface area contributed by atoms with Gasteiger partial charge in [0.25, 0.3) is 0 Å². The second-order valence-electron chi connectivity index (χ2n) is 3.63. The van der Waals surface area contributed by atoms with Gasteiger partial charge in [-0.15, -0.1) is 0 Å². The average molecular weight is 241 g/mol. The summed E-state index contributed by atoms with van der Waals surface area (Å²) in [7, 11) is -2.31. The number of alkyl halides is 1. The molecule has 0 aliphatic rings. The Hall–Kier alpha value is -1.11. The Kier molecular flexibility index (Phi) is 5.43. The lowest BCUT2D eigenvalue weighted by atomic mass is 10.3. The molecule has 0 aromatic heterocycles. The van der Waals surface area contributed by atoms with Gasteiger partial charge in [-0.2, -0.15) is 4.39 Å². The van der Waals surface area contributed by atoms with Crippen LogP contribution in [-0.4, -0.2) is 28.1 Å². The number of halogens is 5. The largest absolute Gasteiger partial charge is 0.673 e. The maximum Gasteiger partial charge on any atom is 0.673 e. The molecule has 0 bridgehead atoms. The van der Waals surface area contributed by atoms with Crippen LogP contribution in [0.25, 0.3) is 0 Å². The van der Waals surface area contributed by atoms with E-state index >= 15 is 0 Å². The van der Waals surface area contributed by atoms with Gasteiger partial charge in [0.1, 0.15) is 5.69 Å². The third kappa shape index (κ3) is 7.22. The van der Waals surface area contributed by atoms with Crippen molar-refractivity contribution in [3.8, 4) is 0 Å². The van der Waals surface area contributed by atoms with Crippen molar-refractivity contribution in [1.29, 1.82) is 0 Å². The maximum absolute atomic E-state index is 12.4. The third-order valence-electron chi connectivity index (χ3n) is 1.75. The summed E-state index contributed by atoms with van der Waals surface area (Å²) >= 11 is 0. The Morgan fingerprint density at radius 2 is 1.38 bits per heavy atom. The first-order valence-corrected chi connectivity index (χ1v) is 4.49. The summed E-state index contributed by atoms with van der Waals surface area (Å²) < 4.78 is 51.7. The van der Waals surface area contributed by atoms with Gasteiger partial charge in [0.2, 0.25) is 6.80 Å². The fourth-order valence-corrected chi connectivity index (χ4v) is 0.901. The Labute approximate surface area is 91.2 Å². The summed E-state index contributed by atoms with van der Waals surface area (Å²) in [6, 6.07) is 9.64. The maximum atomic E-state index is 12.4. The Morgan fingerprint density at radius 1 is 1.00 bits per heavy atom. The highest BCUT2D eigenvalue weighted by atomic mass is 19.5. The molecule has 1 aromatic rings. The van der Waals surface area contributed by atoms with Crippen LogP contribution < -0.4 is 4.48 Å². The lowest BCUT2D eigenvalue weighted by Gasteiger charge is -2.24. The molecule has 0 radical (unpaired) electrons. The summed E-state index contributed by atoms with van der Waals surface area (Å²) in [6.45, 7) is -0.371. The molecule has 0 aliphatic carbocycles. The van der Waals surface area contributed by atoms with Crippen LogP contribution in [0.1, 0.15) is 0 Å². The molecule has 0 saturated carbocycles. The SMILES string of the molecule is C[N+](C)(CF)c1ccccc1.F[B-](F)(F)F. The predicted octanol–water partition coefficient (Wildman–Crippen LogP) is 3.48. The van der Waals surface area contributed by atoms with Crippen LogP contribution in [0.4, 0.5) is 27.3 Å². The van der Waals surface area contributed by atoms with Gasteiger partial charge < -0.3 is 17.3 Å². The molecule has 92 valence electrons.